The summed E-state index contributed by atoms with van der Waals surface area (Å²) in [5, 5.41) is 11.5. The second kappa shape index (κ2) is 7.02. The van der Waals surface area contributed by atoms with Gasteiger partial charge in [0.25, 0.3) is 0 Å². The molecule has 2 aromatic rings. The zero-order chi connectivity index (χ0) is 17.0. The molecule has 0 saturated carbocycles. The summed E-state index contributed by atoms with van der Waals surface area (Å²) < 4.78 is 40.3. The number of nitriles is 1. The number of nitrogens with one attached hydrogen (secondary N) is 1. The largest absolute Gasteiger partial charge is 0.410 e. The molecule has 0 aliphatic rings. The predicted octanol–water partition coefficient (Wildman–Crippen LogP) is 4.43. The van der Waals surface area contributed by atoms with Gasteiger partial charge in [0.2, 0.25) is 0 Å². The van der Waals surface area contributed by atoms with E-state index >= 15 is 0 Å². The smallest absolute Gasteiger partial charge is 0.356 e. The fourth-order valence-electron chi connectivity index (χ4n) is 2.00. The number of benzene rings is 1. The van der Waals surface area contributed by atoms with Gasteiger partial charge >= 0.3 is 6.18 Å². The average Bonchev–Trinajstić information content (AvgIpc) is 2.49. The molecule has 2 unspecified atom stereocenters. The highest BCUT2D eigenvalue weighted by Crippen LogP contribution is 2.39. The Bertz CT molecular complexity index is 696. The molecule has 2 atom stereocenters. The van der Waals surface area contributed by atoms with Gasteiger partial charge < -0.3 is 5.32 Å². The molecular weight excluding hydrogens is 352 g/mol. The molecule has 1 N–H and O–H groups in total. The van der Waals surface area contributed by atoms with Crippen LogP contribution in [0.5, 0.6) is 0 Å². The van der Waals surface area contributed by atoms with Crippen molar-refractivity contribution >= 4 is 29.0 Å². The summed E-state index contributed by atoms with van der Waals surface area (Å²) >= 11 is 11.9. The average molecular weight is 361 g/mol. The van der Waals surface area contributed by atoms with Crippen LogP contribution < -0.4 is 5.32 Å². The summed E-state index contributed by atoms with van der Waals surface area (Å²) in [7, 11) is 0. The summed E-state index contributed by atoms with van der Waals surface area (Å²) in [5.74, 6) is -1.77. The van der Waals surface area contributed by atoms with Crippen LogP contribution in [-0.4, -0.2) is 22.2 Å². The second-order valence-electron chi connectivity index (χ2n) is 4.50. The Morgan fingerprint density at radius 1 is 1.17 bits per heavy atom. The van der Waals surface area contributed by atoms with Gasteiger partial charge in [-0.2, -0.15) is 18.4 Å². The molecular formula is C14H9Cl2F3N4. The topological polar surface area (TPSA) is 61.6 Å². The van der Waals surface area contributed by atoms with Crippen LogP contribution in [0.4, 0.5) is 19.0 Å². The first kappa shape index (κ1) is 17.3. The molecule has 0 fully saturated rings. The van der Waals surface area contributed by atoms with Crippen molar-refractivity contribution in [1.29, 1.82) is 5.26 Å². The van der Waals surface area contributed by atoms with Gasteiger partial charge in [0.05, 0.1) is 12.3 Å². The fourth-order valence-corrected chi connectivity index (χ4v) is 2.63. The van der Waals surface area contributed by atoms with E-state index < -0.39 is 18.1 Å². The third-order valence-corrected chi connectivity index (χ3v) is 3.66. The summed E-state index contributed by atoms with van der Waals surface area (Å²) in [6.07, 6.45) is -1.05. The lowest BCUT2D eigenvalue weighted by Crippen LogP contribution is -2.41. The molecule has 2 rings (SSSR count). The predicted molar refractivity (Wildman–Crippen MR) is 80.3 cm³/mol. The molecule has 0 saturated heterocycles. The van der Waals surface area contributed by atoms with Gasteiger partial charge in [0, 0.05) is 28.0 Å². The fraction of sp³-hybridized carbons (Fsp3) is 0.214. The molecule has 4 nitrogen and oxygen atoms in total. The van der Waals surface area contributed by atoms with Gasteiger partial charge in [-0.25, -0.2) is 4.98 Å². The van der Waals surface area contributed by atoms with Gasteiger partial charge in [0.15, 0.2) is 0 Å². The highest BCUT2D eigenvalue weighted by atomic mass is 35.5. The normalized spacial score (nSPS) is 13.9. The first-order chi connectivity index (χ1) is 10.8. The molecule has 0 bridgehead atoms. The molecule has 1 aromatic heterocycles. The van der Waals surface area contributed by atoms with Crippen molar-refractivity contribution in [2.45, 2.75) is 18.1 Å². The van der Waals surface area contributed by atoms with E-state index in [2.05, 4.69) is 15.3 Å². The van der Waals surface area contributed by atoms with Crippen LogP contribution in [0.1, 0.15) is 11.5 Å². The molecule has 1 aromatic carbocycles. The Morgan fingerprint density at radius 2 is 1.83 bits per heavy atom. The van der Waals surface area contributed by atoms with Crippen LogP contribution in [0.15, 0.2) is 36.8 Å². The Hall–Kier alpha value is -2.04. The standard InChI is InChI=1S/C14H9Cl2F3N4/c15-9-2-1-3-10(16)12(9)8(6-20)13(14(17,18)19)23-11-7-21-4-5-22-11/h1-5,7-8,13H,(H,22,23). The molecule has 0 spiro atoms. The second-order valence-corrected chi connectivity index (χ2v) is 5.31. The van der Waals surface area contributed by atoms with Crippen molar-refractivity contribution in [2.75, 3.05) is 5.32 Å². The first-order valence-electron chi connectivity index (χ1n) is 6.27. The molecule has 0 amide bonds. The van der Waals surface area contributed by atoms with E-state index in [1.807, 2.05) is 0 Å². The van der Waals surface area contributed by atoms with Crippen LogP contribution in [-0.2, 0) is 0 Å². The van der Waals surface area contributed by atoms with Crippen LogP contribution in [0.2, 0.25) is 10.0 Å². The van der Waals surface area contributed by atoms with Crippen LogP contribution in [0.25, 0.3) is 0 Å². The Balaban J connectivity index is 2.47. The Kier molecular flexibility index (Phi) is 5.29. The summed E-state index contributed by atoms with van der Waals surface area (Å²) in [6.45, 7) is 0. The minimum atomic E-state index is -4.74. The number of halogens is 5. The van der Waals surface area contributed by atoms with Crippen molar-refractivity contribution in [3.63, 3.8) is 0 Å². The number of anilines is 1. The number of alkyl halides is 3. The van der Waals surface area contributed by atoms with E-state index in [9.17, 15) is 18.4 Å². The quantitative estimate of drug-likeness (QED) is 0.875. The van der Waals surface area contributed by atoms with Crippen molar-refractivity contribution in [3.8, 4) is 6.07 Å². The van der Waals surface area contributed by atoms with Crippen LogP contribution in [0, 0.1) is 11.3 Å². The van der Waals surface area contributed by atoms with Crippen molar-refractivity contribution < 1.29 is 13.2 Å². The van der Waals surface area contributed by atoms with Gasteiger partial charge in [-0.1, -0.05) is 29.3 Å². The van der Waals surface area contributed by atoms with Gasteiger partial charge in [-0.3, -0.25) is 4.98 Å². The third-order valence-electron chi connectivity index (χ3n) is 3.00. The number of hydrogen-bond acceptors (Lipinski definition) is 4. The Morgan fingerprint density at radius 3 is 2.30 bits per heavy atom. The highest BCUT2D eigenvalue weighted by Gasteiger charge is 2.47. The maximum absolute atomic E-state index is 13.4. The molecule has 9 heteroatoms. The van der Waals surface area contributed by atoms with E-state index in [4.69, 9.17) is 23.2 Å². The number of hydrogen-bond donors (Lipinski definition) is 1. The summed E-state index contributed by atoms with van der Waals surface area (Å²) in [5.41, 5.74) is -0.0861. The minimum absolute atomic E-state index is 0.0146. The van der Waals surface area contributed by atoms with Gasteiger partial charge in [0.1, 0.15) is 17.8 Å². The lowest BCUT2D eigenvalue weighted by molar-refractivity contribution is -0.144. The summed E-state index contributed by atoms with van der Waals surface area (Å²) in [4.78, 5) is 7.42. The molecule has 0 aliphatic heterocycles. The molecule has 0 aliphatic carbocycles. The van der Waals surface area contributed by atoms with E-state index in [1.54, 1.807) is 6.07 Å². The third kappa shape index (κ3) is 4.03. The zero-order valence-corrected chi connectivity index (χ0v) is 12.9. The SMILES string of the molecule is N#CC(c1c(Cl)cccc1Cl)C(Nc1cnccn1)C(F)(F)F. The lowest BCUT2D eigenvalue weighted by Gasteiger charge is -2.27. The minimum Gasteiger partial charge on any atom is -0.356 e. The first-order valence-corrected chi connectivity index (χ1v) is 7.03. The monoisotopic (exact) mass is 360 g/mol. The van der Waals surface area contributed by atoms with E-state index in [0.717, 1.165) is 6.20 Å². The van der Waals surface area contributed by atoms with Crippen molar-refractivity contribution in [1.82, 2.24) is 9.97 Å². The molecule has 0 radical (unpaired) electrons. The molecule has 120 valence electrons. The lowest BCUT2D eigenvalue weighted by atomic mass is 9.92. The number of rotatable bonds is 4. The Labute approximate surface area is 139 Å². The number of aromatic nitrogens is 2. The maximum Gasteiger partial charge on any atom is 0.410 e. The number of nitrogens with zero attached hydrogens (tertiary/aromatic N) is 3. The molecule has 1 heterocycles. The zero-order valence-electron chi connectivity index (χ0n) is 11.4. The highest BCUT2D eigenvalue weighted by molar-refractivity contribution is 6.36. The molecule has 23 heavy (non-hydrogen) atoms. The van der Waals surface area contributed by atoms with E-state index in [0.29, 0.717) is 0 Å². The maximum atomic E-state index is 13.4. The van der Waals surface area contributed by atoms with Gasteiger partial charge in [-0.05, 0) is 12.1 Å². The van der Waals surface area contributed by atoms with Gasteiger partial charge in [-0.15, -0.1) is 0 Å². The van der Waals surface area contributed by atoms with Crippen LogP contribution in [0.3, 0.4) is 0 Å². The van der Waals surface area contributed by atoms with E-state index in [-0.39, 0.29) is 21.4 Å². The summed E-state index contributed by atoms with van der Waals surface area (Å²) in [6, 6.07) is 3.62. The van der Waals surface area contributed by atoms with E-state index in [1.165, 1.54) is 30.6 Å². The van der Waals surface area contributed by atoms with Crippen molar-refractivity contribution in [3.05, 3.63) is 52.4 Å². The van der Waals surface area contributed by atoms with Crippen molar-refractivity contribution in [2.24, 2.45) is 0 Å². The van der Waals surface area contributed by atoms with Crippen LogP contribution >= 0.6 is 23.2 Å².